The Morgan fingerprint density at radius 1 is 0.915 bits per heavy atom. The van der Waals surface area contributed by atoms with Crippen LogP contribution in [0.4, 0.5) is 32.3 Å². The van der Waals surface area contributed by atoms with E-state index in [9.17, 15) is 26.3 Å². The molecule has 0 N–H and O–H groups in total. The summed E-state index contributed by atoms with van der Waals surface area (Å²) in [5.74, 6) is 1.46. The van der Waals surface area contributed by atoms with Gasteiger partial charge in [0, 0.05) is 55.4 Å². The summed E-state index contributed by atoms with van der Waals surface area (Å²) in [6.45, 7) is 6.24. The van der Waals surface area contributed by atoms with Crippen molar-refractivity contribution in [3.63, 3.8) is 0 Å². The Morgan fingerprint density at radius 3 is 2.13 bits per heavy atom. The molecule has 6 nitrogen and oxygen atoms in total. The Hall–Kier alpha value is -4.35. The molecule has 47 heavy (non-hydrogen) atoms. The maximum absolute atomic E-state index is 13.8. The molecule has 0 bridgehead atoms. The largest absolute Gasteiger partial charge is 0.496 e. The van der Waals surface area contributed by atoms with Gasteiger partial charge < -0.3 is 9.64 Å². The molecule has 0 amide bonds. The Morgan fingerprint density at radius 2 is 1.57 bits per heavy atom. The van der Waals surface area contributed by atoms with Crippen molar-refractivity contribution in [3.05, 3.63) is 94.6 Å². The molecule has 12 heteroatoms. The van der Waals surface area contributed by atoms with Gasteiger partial charge in [-0.1, -0.05) is 26.8 Å². The summed E-state index contributed by atoms with van der Waals surface area (Å²) in [5, 5.41) is 4.17. The Balaban J connectivity index is 1.63. The summed E-state index contributed by atoms with van der Waals surface area (Å²) in [5.41, 5.74) is 2.67. The number of rotatable bonds is 9. The van der Waals surface area contributed by atoms with Gasteiger partial charge in [-0.25, -0.2) is 9.97 Å². The number of alkyl halides is 6. The van der Waals surface area contributed by atoms with Gasteiger partial charge in [0.15, 0.2) is 0 Å². The highest BCUT2D eigenvalue weighted by Crippen LogP contribution is 2.41. The number of allylic oxidation sites excluding steroid dienone is 1. The third kappa shape index (κ3) is 7.97. The van der Waals surface area contributed by atoms with E-state index in [0.29, 0.717) is 23.7 Å². The number of aryl methyl sites for hydroxylation is 1. The zero-order valence-electron chi connectivity index (χ0n) is 26.9. The number of hydrogen-bond acceptors (Lipinski definition) is 5. The van der Waals surface area contributed by atoms with E-state index in [0.717, 1.165) is 52.8 Å². The van der Waals surface area contributed by atoms with Crippen molar-refractivity contribution >= 4 is 11.5 Å². The molecular weight excluding hydrogens is 620 g/mol. The van der Waals surface area contributed by atoms with Crippen molar-refractivity contribution in [2.75, 3.05) is 18.6 Å². The molecule has 2 heterocycles. The predicted molar refractivity (Wildman–Crippen MR) is 169 cm³/mol. The molecule has 0 fully saturated rings. The molecule has 0 spiro atoms. The van der Waals surface area contributed by atoms with Crippen LogP contribution in [0.5, 0.6) is 5.75 Å². The number of hydrogen-bond donors (Lipinski definition) is 0. The molecule has 2 aromatic carbocycles. The Labute approximate surface area is 270 Å². The van der Waals surface area contributed by atoms with E-state index in [1.807, 2.05) is 12.1 Å². The first-order chi connectivity index (χ1) is 22.1. The summed E-state index contributed by atoms with van der Waals surface area (Å²) in [7, 11) is 3.38. The van der Waals surface area contributed by atoms with E-state index >= 15 is 0 Å². The van der Waals surface area contributed by atoms with Gasteiger partial charge in [0.2, 0.25) is 5.95 Å². The van der Waals surface area contributed by atoms with Crippen LogP contribution in [-0.2, 0) is 25.9 Å². The van der Waals surface area contributed by atoms with Crippen molar-refractivity contribution in [2.45, 2.75) is 64.8 Å². The van der Waals surface area contributed by atoms with Crippen LogP contribution in [0, 0.1) is 5.92 Å². The van der Waals surface area contributed by atoms with Gasteiger partial charge >= 0.3 is 12.4 Å². The lowest BCUT2D eigenvalue weighted by molar-refractivity contribution is -0.143. The normalized spacial score (nSPS) is 15.8. The minimum atomic E-state index is -4.96. The van der Waals surface area contributed by atoms with E-state index in [1.165, 1.54) is 0 Å². The van der Waals surface area contributed by atoms with Crippen molar-refractivity contribution in [1.82, 2.24) is 19.7 Å². The van der Waals surface area contributed by atoms with Crippen molar-refractivity contribution in [2.24, 2.45) is 13.0 Å². The highest BCUT2D eigenvalue weighted by Gasteiger charge is 2.37. The smallest absolute Gasteiger partial charge is 0.416 e. The second-order valence-corrected chi connectivity index (χ2v) is 12.5. The molecule has 4 aromatic rings. The molecule has 0 radical (unpaired) electrons. The zero-order valence-corrected chi connectivity index (χ0v) is 26.9. The lowest BCUT2D eigenvalue weighted by Crippen LogP contribution is -2.29. The number of methoxy groups -OCH3 is 1. The molecule has 1 aliphatic carbocycles. The minimum absolute atomic E-state index is 0.143. The van der Waals surface area contributed by atoms with E-state index in [2.05, 4.69) is 41.9 Å². The van der Waals surface area contributed by atoms with E-state index in [-0.39, 0.29) is 36.6 Å². The highest BCUT2D eigenvalue weighted by molar-refractivity contribution is 5.75. The molecule has 0 saturated heterocycles. The first-order valence-corrected chi connectivity index (χ1v) is 15.4. The molecule has 250 valence electrons. The minimum Gasteiger partial charge on any atom is -0.496 e. The lowest BCUT2D eigenvalue weighted by Gasteiger charge is -2.31. The van der Waals surface area contributed by atoms with Gasteiger partial charge in [0.25, 0.3) is 0 Å². The average molecular weight is 658 g/mol. The number of halogens is 6. The van der Waals surface area contributed by atoms with E-state index < -0.39 is 23.5 Å². The maximum Gasteiger partial charge on any atom is 0.416 e. The molecule has 1 aliphatic rings. The van der Waals surface area contributed by atoms with Crippen molar-refractivity contribution in [3.8, 4) is 16.9 Å². The standard InChI is InChI=1S/C35H37F6N5O/c1-21(2)24-7-9-32(47-5)31(13-24)30-8-6-22(3)10-25(30)20-46(33-42-15-26(16-43-33)27-17-44-45(4)19-27)18-23-11-28(34(36,37)38)14-29(12-23)35(39,40)41/h7,9,11-17,19,21-22H,6,8,10,18,20H2,1-5H3. The van der Waals surface area contributed by atoms with Crippen LogP contribution in [0.3, 0.4) is 0 Å². The van der Waals surface area contributed by atoms with Gasteiger partial charge in [0.05, 0.1) is 24.4 Å². The number of ether oxygens (including phenoxy) is 1. The molecule has 0 saturated carbocycles. The summed E-state index contributed by atoms with van der Waals surface area (Å²) in [6, 6.07) is 7.74. The summed E-state index contributed by atoms with van der Waals surface area (Å²) in [4.78, 5) is 10.7. The second-order valence-electron chi connectivity index (χ2n) is 12.5. The number of benzene rings is 2. The zero-order chi connectivity index (χ0) is 34.1. The van der Waals surface area contributed by atoms with Crippen molar-refractivity contribution < 1.29 is 31.1 Å². The van der Waals surface area contributed by atoms with Crippen LogP contribution in [-0.4, -0.2) is 33.4 Å². The SMILES string of the molecule is COc1ccc(C(C)C)cc1C1=C(CN(Cc2cc(C(F)(F)F)cc(C(F)(F)F)c2)c2ncc(-c3cnn(C)c3)cn2)CC(C)CC1. The lowest BCUT2D eigenvalue weighted by atomic mass is 9.80. The fourth-order valence-corrected chi connectivity index (χ4v) is 5.98. The van der Waals surface area contributed by atoms with Crippen LogP contribution >= 0.6 is 0 Å². The Bertz CT molecular complexity index is 1710. The third-order valence-corrected chi connectivity index (χ3v) is 8.49. The maximum atomic E-state index is 13.8. The molecule has 5 rings (SSSR count). The number of nitrogens with zero attached hydrogens (tertiary/aromatic N) is 5. The van der Waals surface area contributed by atoms with Gasteiger partial charge in [-0.15, -0.1) is 0 Å². The average Bonchev–Trinajstić information content (AvgIpc) is 3.45. The molecule has 1 unspecified atom stereocenters. The van der Waals surface area contributed by atoms with Gasteiger partial charge in [-0.3, -0.25) is 4.68 Å². The summed E-state index contributed by atoms with van der Waals surface area (Å²) < 4.78 is 90.1. The number of aromatic nitrogens is 4. The first kappa shape index (κ1) is 34.0. The second kappa shape index (κ2) is 13.4. The topological polar surface area (TPSA) is 56.1 Å². The van der Waals surface area contributed by atoms with Crippen LogP contribution in [0.15, 0.2) is 66.8 Å². The van der Waals surface area contributed by atoms with Crippen LogP contribution < -0.4 is 9.64 Å². The third-order valence-electron chi connectivity index (χ3n) is 8.49. The highest BCUT2D eigenvalue weighted by atomic mass is 19.4. The number of anilines is 1. The van der Waals surface area contributed by atoms with E-state index in [4.69, 9.17) is 4.74 Å². The molecule has 2 aromatic heterocycles. The van der Waals surface area contributed by atoms with Crippen molar-refractivity contribution in [1.29, 1.82) is 0 Å². The van der Waals surface area contributed by atoms with Crippen LogP contribution in [0.25, 0.3) is 16.7 Å². The summed E-state index contributed by atoms with van der Waals surface area (Å²) in [6.07, 6.45) is -0.985. The molecular formula is C35H37F6N5O. The van der Waals surface area contributed by atoms with Gasteiger partial charge in [-0.2, -0.15) is 31.4 Å². The van der Waals surface area contributed by atoms with Gasteiger partial charge in [0.1, 0.15) is 5.75 Å². The van der Waals surface area contributed by atoms with Crippen LogP contribution in [0.2, 0.25) is 0 Å². The Kier molecular flexibility index (Phi) is 9.70. The molecule has 1 atom stereocenters. The fourth-order valence-electron chi connectivity index (χ4n) is 5.98. The molecule has 0 aliphatic heterocycles. The van der Waals surface area contributed by atoms with Gasteiger partial charge in [-0.05, 0) is 83.7 Å². The predicted octanol–water partition coefficient (Wildman–Crippen LogP) is 9.33. The quantitative estimate of drug-likeness (QED) is 0.168. The first-order valence-electron chi connectivity index (χ1n) is 15.4. The van der Waals surface area contributed by atoms with Crippen LogP contribution in [0.1, 0.15) is 73.8 Å². The fraction of sp³-hybridized carbons (Fsp3) is 0.400. The monoisotopic (exact) mass is 657 g/mol. The summed E-state index contributed by atoms with van der Waals surface area (Å²) >= 11 is 0. The van der Waals surface area contributed by atoms with E-state index in [1.54, 1.807) is 48.5 Å².